The monoisotopic (exact) mass is 240 g/mol. The molecule has 1 fully saturated rings. The maximum absolute atomic E-state index is 5.34. The zero-order valence-electron chi connectivity index (χ0n) is 9.87. The van der Waals surface area contributed by atoms with Crippen molar-refractivity contribution in [3.05, 3.63) is 16.1 Å². The molecule has 1 aliphatic heterocycles. The van der Waals surface area contributed by atoms with Crippen LogP contribution < -0.4 is 5.32 Å². The highest BCUT2D eigenvalue weighted by atomic mass is 32.1. The molecule has 4 heteroatoms. The number of hydrogen-bond donors (Lipinski definition) is 1. The number of aromatic nitrogens is 1. The summed E-state index contributed by atoms with van der Waals surface area (Å²) in [6, 6.07) is 0. The molecule has 1 aliphatic rings. The summed E-state index contributed by atoms with van der Waals surface area (Å²) >= 11 is 1.77. The number of ether oxygens (including phenoxy) is 1. The second-order valence-corrected chi connectivity index (χ2v) is 5.21. The standard InChI is InChI=1S/C12H20N2OS/c1-2-12-14-11(9-16-12)3-5-13-7-10-4-6-15-8-10/h9-10,13H,2-8H2,1H3. The van der Waals surface area contributed by atoms with Crippen molar-refractivity contribution in [2.24, 2.45) is 5.92 Å². The Morgan fingerprint density at radius 2 is 2.56 bits per heavy atom. The third-order valence-electron chi connectivity index (χ3n) is 2.92. The van der Waals surface area contributed by atoms with Gasteiger partial charge in [0.25, 0.3) is 0 Å². The molecule has 1 N–H and O–H groups in total. The maximum Gasteiger partial charge on any atom is 0.0925 e. The van der Waals surface area contributed by atoms with Gasteiger partial charge in [-0.15, -0.1) is 11.3 Å². The third kappa shape index (κ3) is 3.54. The van der Waals surface area contributed by atoms with Gasteiger partial charge < -0.3 is 10.1 Å². The van der Waals surface area contributed by atoms with Gasteiger partial charge in [0, 0.05) is 31.5 Å². The summed E-state index contributed by atoms with van der Waals surface area (Å²) < 4.78 is 5.34. The van der Waals surface area contributed by atoms with Gasteiger partial charge in [-0.2, -0.15) is 0 Å². The van der Waals surface area contributed by atoms with Crippen LogP contribution in [0.2, 0.25) is 0 Å². The molecule has 3 nitrogen and oxygen atoms in total. The number of hydrogen-bond acceptors (Lipinski definition) is 4. The van der Waals surface area contributed by atoms with Crippen LogP contribution in [0.5, 0.6) is 0 Å². The highest BCUT2D eigenvalue weighted by Crippen LogP contribution is 2.11. The summed E-state index contributed by atoms with van der Waals surface area (Å²) in [4.78, 5) is 4.55. The molecule has 16 heavy (non-hydrogen) atoms. The minimum Gasteiger partial charge on any atom is -0.381 e. The molecule has 0 bridgehead atoms. The van der Waals surface area contributed by atoms with Crippen molar-refractivity contribution in [3.8, 4) is 0 Å². The molecule has 2 heterocycles. The largest absolute Gasteiger partial charge is 0.381 e. The molecule has 2 rings (SSSR count). The first-order chi connectivity index (χ1) is 7.88. The van der Waals surface area contributed by atoms with E-state index in [0.29, 0.717) is 0 Å². The van der Waals surface area contributed by atoms with Crippen LogP contribution in [0, 0.1) is 5.92 Å². The molecule has 0 saturated carbocycles. The number of thiazole rings is 1. The van der Waals surface area contributed by atoms with Crippen LogP contribution in [-0.2, 0) is 17.6 Å². The fourth-order valence-electron chi connectivity index (χ4n) is 1.89. The fraction of sp³-hybridized carbons (Fsp3) is 0.750. The molecule has 0 aromatic carbocycles. The minimum absolute atomic E-state index is 0.724. The van der Waals surface area contributed by atoms with Crippen LogP contribution in [0.15, 0.2) is 5.38 Å². The second-order valence-electron chi connectivity index (χ2n) is 4.27. The molecule has 1 aromatic rings. The zero-order valence-corrected chi connectivity index (χ0v) is 10.7. The Labute approximate surface area is 101 Å². The molecule has 0 aliphatic carbocycles. The maximum atomic E-state index is 5.34. The fourth-order valence-corrected chi connectivity index (χ4v) is 2.67. The van der Waals surface area contributed by atoms with E-state index in [1.807, 2.05) is 0 Å². The van der Waals surface area contributed by atoms with Crippen molar-refractivity contribution in [1.29, 1.82) is 0 Å². The van der Waals surface area contributed by atoms with Gasteiger partial charge in [0.05, 0.1) is 17.3 Å². The van der Waals surface area contributed by atoms with E-state index in [9.17, 15) is 0 Å². The normalized spacial score (nSPS) is 20.4. The summed E-state index contributed by atoms with van der Waals surface area (Å²) in [6.45, 7) is 6.15. The van der Waals surface area contributed by atoms with E-state index in [4.69, 9.17) is 4.74 Å². The minimum atomic E-state index is 0.724. The lowest BCUT2D eigenvalue weighted by molar-refractivity contribution is 0.185. The van der Waals surface area contributed by atoms with Gasteiger partial charge in [-0.3, -0.25) is 0 Å². The van der Waals surface area contributed by atoms with Crippen molar-refractivity contribution >= 4 is 11.3 Å². The van der Waals surface area contributed by atoms with Gasteiger partial charge in [-0.1, -0.05) is 6.92 Å². The van der Waals surface area contributed by atoms with Gasteiger partial charge in [-0.25, -0.2) is 4.98 Å². The number of rotatable bonds is 6. The van der Waals surface area contributed by atoms with E-state index in [2.05, 4.69) is 22.6 Å². The predicted octanol–water partition coefficient (Wildman–Crippen LogP) is 1.87. The van der Waals surface area contributed by atoms with Crippen LogP contribution in [0.25, 0.3) is 0 Å². The third-order valence-corrected chi connectivity index (χ3v) is 3.96. The lowest BCUT2D eigenvalue weighted by atomic mass is 10.1. The van der Waals surface area contributed by atoms with Gasteiger partial charge >= 0.3 is 0 Å². The second kappa shape index (κ2) is 6.33. The Balaban J connectivity index is 1.60. The van der Waals surface area contributed by atoms with Gasteiger partial charge in [0.1, 0.15) is 0 Å². The topological polar surface area (TPSA) is 34.2 Å². The van der Waals surface area contributed by atoms with Crippen LogP contribution in [-0.4, -0.2) is 31.3 Å². The SMILES string of the molecule is CCc1nc(CCNCC2CCOC2)cs1. The molecule has 1 atom stereocenters. The number of nitrogens with one attached hydrogen (secondary N) is 1. The lowest BCUT2D eigenvalue weighted by Gasteiger charge is -2.08. The predicted molar refractivity (Wildman–Crippen MR) is 67.0 cm³/mol. The van der Waals surface area contributed by atoms with Gasteiger partial charge in [-0.05, 0) is 18.8 Å². The van der Waals surface area contributed by atoms with E-state index < -0.39 is 0 Å². The Hall–Kier alpha value is -0.450. The Kier molecular flexibility index (Phi) is 4.75. The van der Waals surface area contributed by atoms with Crippen molar-refractivity contribution in [3.63, 3.8) is 0 Å². The van der Waals surface area contributed by atoms with E-state index in [-0.39, 0.29) is 0 Å². The molecule has 0 amide bonds. The van der Waals surface area contributed by atoms with Crippen molar-refractivity contribution in [1.82, 2.24) is 10.3 Å². The number of aryl methyl sites for hydroxylation is 1. The van der Waals surface area contributed by atoms with E-state index in [1.54, 1.807) is 11.3 Å². The Bertz CT molecular complexity index is 308. The lowest BCUT2D eigenvalue weighted by Crippen LogP contribution is -2.25. The van der Waals surface area contributed by atoms with Crippen LogP contribution >= 0.6 is 11.3 Å². The summed E-state index contributed by atoms with van der Waals surface area (Å²) in [7, 11) is 0. The van der Waals surface area contributed by atoms with Crippen molar-refractivity contribution in [2.75, 3.05) is 26.3 Å². The van der Waals surface area contributed by atoms with Crippen LogP contribution in [0.1, 0.15) is 24.0 Å². The average Bonchev–Trinajstić information content (AvgIpc) is 2.95. The number of nitrogens with zero attached hydrogens (tertiary/aromatic N) is 1. The molecule has 1 aromatic heterocycles. The molecular formula is C12H20N2OS. The summed E-state index contributed by atoms with van der Waals surface area (Å²) in [5, 5.41) is 6.92. The van der Waals surface area contributed by atoms with E-state index in [1.165, 1.54) is 17.1 Å². The highest BCUT2D eigenvalue weighted by Gasteiger charge is 2.14. The Morgan fingerprint density at radius 1 is 1.62 bits per heavy atom. The summed E-state index contributed by atoms with van der Waals surface area (Å²) in [5.74, 6) is 0.724. The molecule has 0 radical (unpaired) electrons. The molecule has 1 unspecified atom stereocenters. The summed E-state index contributed by atoms with van der Waals surface area (Å²) in [5.41, 5.74) is 1.23. The van der Waals surface area contributed by atoms with Crippen molar-refractivity contribution < 1.29 is 4.74 Å². The molecule has 90 valence electrons. The van der Waals surface area contributed by atoms with E-state index >= 15 is 0 Å². The molecule has 0 spiro atoms. The molecular weight excluding hydrogens is 220 g/mol. The molecule has 1 saturated heterocycles. The zero-order chi connectivity index (χ0) is 11.2. The van der Waals surface area contributed by atoms with Gasteiger partial charge in [0.15, 0.2) is 0 Å². The van der Waals surface area contributed by atoms with Crippen LogP contribution in [0.4, 0.5) is 0 Å². The first-order valence-electron chi connectivity index (χ1n) is 6.10. The quantitative estimate of drug-likeness (QED) is 0.771. The van der Waals surface area contributed by atoms with Gasteiger partial charge in [0.2, 0.25) is 0 Å². The average molecular weight is 240 g/mol. The first-order valence-corrected chi connectivity index (χ1v) is 6.98. The van der Waals surface area contributed by atoms with Crippen molar-refractivity contribution in [2.45, 2.75) is 26.2 Å². The van der Waals surface area contributed by atoms with Crippen LogP contribution in [0.3, 0.4) is 0 Å². The highest BCUT2D eigenvalue weighted by molar-refractivity contribution is 7.09. The summed E-state index contributed by atoms with van der Waals surface area (Å²) in [6.07, 6.45) is 3.31. The Morgan fingerprint density at radius 3 is 3.25 bits per heavy atom. The smallest absolute Gasteiger partial charge is 0.0925 e. The first kappa shape index (κ1) is 12.0. The van der Waals surface area contributed by atoms with E-state index in [0.717, 1.165) is 45.1 Å².